The molecule has 2 aliphatic rings. The van der Waals surface area contributed by atoms with E-state index in [0.717, 1.165) is 18.5 Å². The van der Waals surface area contributed by atoms with Crippen LogP contribution in [0.15, 0.2) is 66.8 Å². The summed E-state index contributed by atoms with van der Waals surface area (Å²) >= 11 is 7.14. The Labute approximate surface area is 214 Å². The van der Waals surface area contributed by atoms with Crippen molar-refractivity contribution in [3.05, 3.63) is 72.9 Å². The van der Waals surface area contributed by atoms with Crippen molar-refractivity contribution in [1.29, 1.82) is 0 Å². The van der Waals surface area contributed by atoms with Gasteiger partial charge >= 0.3 is 5.97 Å². The second-order valence-electron chi connectivity index (χ2n) is 7.35. The van der Waals surface area contributed by atoms with Crippen molar-refractivity contribution in [2.75, 3.05) is 5.75 Å². The van der Waals surface area contributed by atoms with Gasteiger partial charge in [0.05, 0.1) is 20.0 Å². The molecule has 2 N–H and O–H groups in total. The van der Waals surface area contributed by atoms with Gasteiger partial charge in [-0.2, -0.15) is 0 Å². The van der Waals surface area contributed by atoms with Gasteiger partial charge in [0.15, 0.2) is 5.43 Å². The number of carboxylic acids is 1. The molecule has 0 aromatic carbocycles. The monoisotopic (exact) mass is 548 g/mol. The van der Waals surface area contributed by atoms with Gasteiger partial charge < -0.3 is 10.4 Å². The standard InChI is InChI=1S/C22H16N2O5S5/c25-13-9-16(34-14-4-7-32-19(13)14)31-6-3-11-10-33-21-17(20(27)24(21)18(11)22(28)29)23-15(26)8-12-2-1-5-30-12/h1-7,9,17,21H,8,10H2,(H,23,26)(H,28,29)/t17?,21-/m0/s1. The average molecular weight is 549 g/mol. The van der Waals surface area contributed by atoms with E-state index in [1.165, 1.54) is 62.4 Å². The number of carbonyl (C=O) groups excluding carboxylic acids is 2. The molecule has 3 aromatic heterocycles. The maximum absolute atomic E-state index is 12.8. The van der Waals surface area contributed by atoms with E-state index in [4.69, 9.17) is 0 Å². The van der Waals surface area contributed by atoms with Gasteiger partial charge in [-0.25, -0.2) is 4.79 Å². The zero-order valence-electron chi connectivity index (χ0n) is 17.3. The Morgan fingerprint density at radius 3 is 2.85 bits per heavy atom. The van der Waals surface area contributed by atoms with Gasteiger partial charge in [-0.3, -0.25) is 19.3 Å². The summed E-state index contributed by atoms with van der Waals surface area (Å²) < 4.78 is 2.46. The normalized spacial score (nSPS) is 20.0. The van der Waals surface area contributed by atoms with Crippen LogP contribution in [-0.4, -0.2) is 45.0 Å². The largest absolute Gasteiger partial charge is 0.477 e. The molecule has 5 heterocycles. The predicted octanol–water partition coefficient (Wildman–Crippen LogP) is 3.97. The molecule has 2 amide bonds. The number of nitrogens with one attached hydrogen (secondary N) is 1. The van der Waals surface area contributed by atoms with Gasteiger partial charge in [0.2, 0.25) is 5.91 Å². The number of thioether (sulfide) groups is 2. The Kier molecular flexibility index (Phi) is 6.67. The molecule has 34 heavy (non-hydrogen) atoms. The Hall–Kier alpha value is -2.38. The molecule has 0 bridgehead atoms. The SMILES string of the molecule is O=C(Cc1cccs1)NC1C(=O)N2C(C(=O)O)=C(C=CSc3cc(=O)c4sccc4s3)CS[C@@H]12. The molecule has 12 heteroatoms. The molecule has 3 aromatic rings. The number of hydrogen-bond donors (Lipinski definition) is 2. The highest BCUT2D eigenvalue weighted by atomic mass is 32.2. The summed E-state index contributed by atoms with van der Waals surface area (Å²) in [5.41, 5.74) is 0.428. The number of rotatable bonds is 7. The molecule has 174 valence electrons. The fourth-order valence-corrected chi connectivity index (χ4v) is 8.64. The first-order valence-corrected chi connectivity index (χ1v) is 14.5. The molecule has 7 nitrogen and oxygen atoms in total. The average Bonchev–Trinajstić information content (AvgIpc) is 3.49. The van der Waals surface area contributed by atoms with Gasteiger partial charge in [0.25, 0.3) is 5.91 Å². The third-order valence-corrected chi connectivity index (χ3v) is 10.5. The third-order valence-electron chi connectivity index (χ3n) is 5.20. The number of carboxylic acid groups (broad SMARTS) is 1. The summed E-state index contributed by atoms with van der Waals surface area (Å²) in [6.07, 6.45) is 1.87. The number of β-lactam (4-membered cyclic amide) rings is 1. The van der Waals surface area contributed by atoms with E-state index in [0.29, 0.717) is 11.3 Å². The van der Waals surface area contributed by atoms with Gasteiger partial charge in [-0.1, -0.05) is 17.8 Å². The number of hydrogen-bond acceptors (Lipinski definition) is 9. The van der Waals surface area contributed by atoms with Gasteiger partial charge in [0.1, 0.15) is 17.1 Å². The lowest BCUT2D eigenvalue weighted by atomic mass is 10.0. The predicted molar refractivity (Wildman–Crippen MR) is 139 cm³/mol. The molecule has 1 unspecified atom stereocenters. The van der Waals surface area contributed by atoms with Crippen LogP contribution in [-0.2, 0) is 20.8 Å². The van der Waals surface area contributed by atoms with Crippen molar-refractivity contribution in [2.45, 2.75) is 22.0 Å². The molecule has 1 fully saturated rings. The smallest absolute Gasteiger partial charge is 0.352 e. The maximum atomic E-state index is 12.8. The Balaban J connectivity index is 1.29. The molecular formula is C22H16N2O5S5. The number of amides is 2. The lowest BCUT2D eigenvalue weighted by Crippen LogP contribution is -2.70. The molecule has 0 radical (unpaired) electrons. The highest BCUT2D eigenvalue weighted by molar-refractivity contribution is 8.04. The van der Waals surface area contributed by atoms with Crippen molar-refractivity contribution in [2.24, 2.45) is 0 Å². The van der Waals surface area contributed by atoms with Crippen molar-refractivity contribution >= 4 is 84.7 Å². The van der Waals surface area contributed by atoms with E-state index in [-0.39, 0.29) is 23.5 Å². The molecule has 0 aliphatic carbocycles. The number of nitrogens with zero attached hydrogens (tertiary/aromatic N) is 1. The van der Waals surface area contributed by atoms with Crippen LogP contribution in [0.1, 0.15) is 4.88 Å². The van der Waals surface area contributed by atoms with Crippen LogP contribution in [0, 0.1) is 0 Å². The number of thiophene rings is 2. The van der Waals surface area contributed by atoms with Crippen LogP contribution in [0.2, 0.25) is 0 Å². The van der Waals surface area contributed by atoms with Gasteiger partial charge in [0, 0.05) is 16.7 Å². The minimum atomic E-state index is -1.18. The molecule has 2 atom stereocenters. The molecule has 5 rings (SSSR count). The first kappa shape index (κ1) is 23.4. The molecule has 0 saturated carbocycles. The topological polar surface area (TPSA) is 104 Å². The van der Waals surface area contributed by atoms with Crippen molar-refractivity contribution in [1.82, 2.24) is 10.2 Å². The van der Waals surface area contributed by atoms with E-state index < -0.39 is 23.3 Å². The minimum Gasteiger partial charge on any atom is -0.477 e. The van der Waals surface area contributed by atoms with E-state index in [9.17, 15) is 24.3 Å². The lowest BCUT2D eigenvalue weighted by molar-refractivity contribution is -0.150. The van der Waals surface area contributed by atoms with Crippen molar-refractivity contribution < 1.29 is 19.5 Å². The number of carbonyl (C=O) groups is 3. The number of aliphatic carboxylic acids is 1. The Bertz CT molecular complexity index is 1400. The fourth-order valence-electron chi connectivity index (χ4n) is 3.68. The van der Waals surface area contributed by atoms with Crippen LogP contribution in [0.4, 0.5) is 0 Å². The Morgan fingerprint density at radius 1 is 1.24 bits per heavy atom. The van der Waals surface area contributed by atoms with E-state index in [2.05, 4.69) is 5.32 Å². The first-order valence-electron chi connectivity index (χ1n) is 10.00. The van der Waals surface area contributed by atoms with Crippen molar-refractivity contribution in [3.63, 3.8) is 0 Å². The highest BCUT2D eigenvalue weighted by Crippen LogP contribution is 2.41. The minimum absolute atomic E-state index is 0.0282. The summed E-state index contributed by atoms with van der Waals surface area (Å²) in [4.78, 5) is 51.5. The van der Waals surface area contributed by atoms with E-state index >= 15 is 0 Å². The van der Waals surface area contributed by atoms with Crippen LogP contribution in [0.5, 0.6) is 0 Å². The highest BCUT2D eigenvalue weighted by Gasteiger charge is 2.53. The maximum Gasteiger partial charge on any atom is 0.352 e. The van der Waals surface area contributed by atoms with Crippen LogP contribution >= 0.6 is 57.5 Å². The fraction of sp³-hybridized carbons (Fsp3) is 0.182. The van der Waals surface area contributed by atoms with Crippen LogP contribution in [0.25, 0.3) is 9.40 Å². The summed E-state index contributed by atoms with van der Waals surface area (Å²) in [6, 6.07) is 6.47. The quantitative estimate of drug-likeness (QED) is 0.340. The van der Waals surface area contributed by atoms with Gasteiger partial charge in [-0.15, -0.1) is 45.8 Å². The molecule has 2 aliphatic heterocycles. The molecular weight excluding hydrogens is 533 g/mol. The Morgan fingerprint density at radius 2 is 2.09 bits per heavy atom. The van der Waals surface area contributed by atoms with Crippen molar-refractivity contribution in [3.8, 4) is 0 Å². The number of allylic oxidation sites excluding steroid dienone is 1. The first-order chi connectivity index (χ1) is 16.4. The van der Waals surface area contributed by atoms with Crippen LogP contribution < -0.4 is 10.7 Å². The second kappa shape index (κ2) is 9.70. The second-order valence-corrected chi connectivity index (χ2v) is 12.7. The van der Waals surface area contributed by atoms with E-state index in [1.807, 2.05) is 29.0 Å². The summed E-state index contributed by atoms with van der Waals surface area (Å²) in [5, 5.41) is 17.6. The molecule has 1 saturated heterocycles. The summed E-state index contributed by atoms with van der Waals surface area (Å²) in [5.74, 6) is -1.47. The van der Waals surface area contributed by atoms with Crippen LogP contribution in [0.3, 0.4) is 0 Å². The number of fused-ring (bicyclic) bond motifs is 2. The zero-order chi connectivity index (χ0) is 23.8. The summed E-state index contributed by atoms with van der Waals surface area (Å²) in [7, 11) is 0. The molecule has 0 spiro atoms. The third kappa shape index (κ3) is 4.48. The van der Waals surface area contributed by atoms with Gasteiger partial charge in [-0.05, 0) is 40.0 Å². The van der Waals surface area contributed by atoms with E-state index in [1.54, 1.807) is 17.6 Å². The zero-order valence-corrected chi connectivity index (χ0v) is 21.3. The lowest BCUT2D eigenvalue weighted by Gasteiger charge is -2.49. The summed E-state index contributed by atoms with van der Waals surface area (Å²) in [6.45, 7) is 0.